The Hall–Kier alpha value is -2.50. The lowest BCUT2D eigenvalue weighted by molar-refractivity contribution is -0.000870. The SMILES string of the molecule is CC(C)(C)OC(=O)N1C[C@@H](O)C[C@@H](NC(=S)Nc2nc(Br)cnc2OCc2ccccc2)C1. The van der Waals surface area contributed by atoms with Crippen LogP contribution >= 0.6 is 28.1 Å². The first kappa shape index (κ1) is 25.1. The summed E-state index contributed by atoms with van der Waals surface area (Å²) in [5, 5.41) is 16.7. The summed E-state index contributed by atoms with van der Waals surface area (Å²) in [6.07, 6.45) is 0.810. The molecule has 0 radical (unpaired) electrons. The standard InChI is InChI=1S/C22H28BrN5O4S/c1-22(2,3)32-21(30)28-11-15(9-16(29)12-28)25-20(33)27-18-19(24-10-17(23)26-18)31-13-14-7-5-4-6-8-14/h4-8,10,15-16,29H,9,11-13H2,1-3H3,(H2,25,26,27,33)/t15-,16+/m1/s1. The summed E-state index contributed by atoms with van der Waals surface area (Å²) in [7, 11) is 0. The molecule has 2 aromatic rings. The monoisotopic (exact) mass is 537 g/mol. The van der Waals surface area contributed by atoms with Crippen LogP contribution in [0.5, 0.6) is 5.88 Å². The maximum Gasteiger partial charge on any atom is 0.410 e. The maximum atomic E-state index is 12.4. The average molecular weight is 538 g/mol. The number of β-amino-alcohol motifs (C(OH)–C–C–N with tert-alkyl or cyclic N) is 1. The van der Waals surface area contributed by atoms with Gasteiger partial charge in [0.05, 0.1) is 18.8 Å². The number of halogens is 1. The quantitative estimate of drug-likeness (QED) is 0.493. The number of hydrogen-bond donors (Lipinski definition) is 3. The van der Waals surface area contributed by atoms with Crippen molar-refractivity contribution < 1.29 is 19.4 Å². The van der Waals surface area contributed by atoms with Gasteiger partial charge in [-0.3, -0.25) is 0 Å². The Morgan fingerprint density at radius 2 is 2.03 bits per heavy atom. The van der Waals surface area contributed by atoms with Crippen LogP contribution in [0.1, 0.15) is 32.8 Å². The first-order valence-corrected chi connectivity index (χ1v) is 11.7. The van der Waals surface area contributed by atoms with Crippen molar-refractivity contribution in [3.8, 4) is 5.88 Å². The highest BCUT2D eigenvalue weighted by atomic mass is 79.9. The van der Waals surface area contributed by atoms with Gasteiger partial charge in [-0.1, -0.05) is 30.3 Å². The Morgan fingerprint density at radius 3 is 2.73 bits per heavy atom. The largest absolute Gasteiger partial charge is 0.470 e. The van der Waals surface area contributed by atoms with Crippen molar-refractivity contribution in [3.63, 3.8) is 0 Å². The zero-order chi connectivity index (χ0) is 24.0. The van der Waals surface area contributed by atoms with Crippen LogP contribution in [0.25, 0.3) is 0 Å². The molecule has 3 N–H and O–H groups in total. The minimum absolute atomic E-state index is 0.210. The van der Waals surface area contributed by atoms with E-state index in [-0.39, 0.29) is 17.7 Å². The number of likely N-dealkylation sites (tertiary alicyclic amines) is 1. The Kier molecular flexibility index (Phi) is 8.44. The molecule has 33 heavy (non-hydrogen) atoms. The van der Waals surface area contributed by atoms with Crippen molar-refractivity contribution in [3.05, 3.63) is 46.7 Å². The van der Waals surface area contributed by atoms with Crippen molar-refractivity contribution in [1.82, 2.24) is 20.2 Å². The molecule has 0 aliphatic carbocycles. The van der Waals surface area contributed by atoms with Gasteiger partial charge in [0.1, 0.15) is 16.8 Å². The Balaban J connectivity index is 1.61. The van der Waals surface area contributed by atoms with Gasteiger partial charge in [0.25, 0.3) is 5.88 Å². The summed E-state index contributed by atoms with van der Waals surface area (Å²) in [6, 6.07) is 9.45. The van der Waals surface area contributed by atoms with E-state index >= 15 is 0 Å². The fraction of sp³-hybridized carbons (Fsp3) is 0.455. The van der Waals surface area contributed by atoms with Gasteiger partial charge < -0.3 is 30.1 Å². The number of thiocarbonyl (C=S) groups is 1. The van der Waals surface area contributed by atoms with E-state index in [1.54, 1.807) is 20.8 Å². The first-order chi connectivity index (χ1) is 15.6. The molecule has 0 bridgehead atoms. The van der Waals surface area contributed by atoms with E-state index in [9.17, 15) is 9.90 Å². The number of carbonyl (C=O) groups is 1. The van der Waals surface area contributed by atoms with E-state index in [2.05, 4.69) is 36.5 Å². The molecule has 11 heteroatoms. The molecule has 1 aliphatic heterocycles. The van der Waals surface area contributed by atoms with E-state index in [4.69, 9.17) is 21.7 Å². The third-order valence-electron chi connectivity index (χ3n) is 4.58. The normalized spacial score (nSPS) is 18.4. The summed E-state index contributed by atoms with van der Waals surface area (Å²) in [6.45, 7) is 6.28. The number of nitrogens with zero attached hydrogens (tertiary/aromatic N) is 3. The second-order valence-electron chi connectivity index (χ2n) is 8.69. The van der Waals surface area contributed by atoms with Crippen LogP contribution in [0, 0.1) is 0 Å². The highest BCUT2D eigenvalue weighted by Crippen LogP contribution is 2.23. The lowest BCUT2D eigenvalue weighted by Gasteiger charge is -2.37. The van der Waals surface area contributed by atoms with Crippen LogP contribution in [0.3, 0.4) is 0 Å². The molecule has 0 unspecified atom stereocenters. The maximum absolute atomic E-state index is 12.4. The summed E-state index contributed by atoms with van der Waals surface area (Å²) >= 11 is 8.76. The number of rotatable bonds is 5. The number of piperidine rings is 1. The zero-order valence-corrected chi connectivity index (χ0v) is 21.1. The number of hydrogen-bond acceptors (Lipinski definition) is 7. The molecular formula is C22H28BrN5O4S. The summed E-state index contributed by atoms with van der Waals surface area (Å²) < 4.78 is 11.8. The molecule has 1 aromatic heterocycles. The Labute approximate surface area is 207 Å². The van der Waals surface area contributed by atoms with Gasteiger partial charge in [-0.15, -0.1) is 0 Å². The molecule has 1 fully saturated rings. The van der Waals surface area contributed by atoms with Gasteiger partial charge in [0, 0.05) is 12.6 Å². The molecule has 2 heterocycles. The minimum Gasteiger partial charge on any atom is -0.470 e. The molecule has 9 nitrogen and oxygen atoms in total. The molecule has 0 saturated carbocycles. The summed E-state index contributed by atoms with van der Waals surface area (Å²) in [5.74, 6) is 0.642. The molecule has 1 saturated heterocycles. The zero-order valence-electron chi connectivity index (χ0n) is 18.7. The van der Waals surface area contributed by atoms with Crippen molar-refractivity contribution in [2.45, 2.75) is 51.5 Å². The topological polar surface area (TPSA) is 109 Å². The third kappa shape index (κ3) is 8.09. The predicted molar refractivity (Wildman–Crippen MR) is 132 cm³/mol. The molecular weight excluding hydrogens is 510 g/mol. The van der Waals surface area contributed by atoms with Crippen LogP contribution < -0.4 is 15.4 Å². The third-order valence-corrected chi connectivity index (χ3v) is 5.18. The molecule has 3 rings (SSSR count). The van der Waals surface area contributed by atoms with Crippen LogP contribution in [-0.4, -0.2) is 62.0 Å². The Morgan fingerprint density at radius 1 is 1.30 bits per heavy atom. The smallest absolute Gasteiger partial charge is 0.410 e. The van der Waals surface area contributed by atoms with Crippen molar-refractivity contribution in [2.24, 2.45) is 0 Å². The number of nitrogens with one attached hydrogen (secondary N) is 2. The fourth-order valence-corrected chi connectivity index (χ4v) is 3.79. The highest BCUT2D eigenvalue weighted by molar-refractivity contribution is 9.10. The fourth-order valence-electron chi connectivity index (χ4n) is 3.25. The minimum atomic E-state index is -0.693. The number of aromatic nitrogens is 2. The van der Waals surface area contributed by atoms with Gasteiger partial charge in [0.2, 0.25) is 0 Å². The molecule has 1 aliphatic rings. The van der Waals surface area contributed by atoms with Crippen molar-refractivity contribution >= 4 is 45.2 Å². The second kappa shape index (κ2) is 11.1. The number of benzene rings is 1. The van der Waals surface area contributed by atoms with E-state index in [1.807, 2.05) is 30.3 Å². The van der Waals surface area contributed by atoms with Gasteiger partial charge in [-0.25, -0.2) is 14.8 Å². The summed E-state index contributed by atoms with van der Waals surface area (Å²) in [4.78, 5) is 22.6. The molecule has 0 spiro atoms. The van der Waals surface area contributed by atoms with E-state index in [0.717, 1.165) is 5.56 Å². The van der Waals surface area contributed by atoms with Gasteiger partial charge in [-0.2, -0.15) is 0 Å². The van der Waals surface area contributed by atoms with Gasteiger partial charge in [-0.05, 0) is 60.9 Å². The van der Waals surface area contributed by atoms with E-state index < -0.39 is 17.8 Å². The van der Waals surface area contributed by atoms with Gasteiger partial charge >= 0.3 is 6.09 Å². The average Bonchev–Trinajstić information content (AvgIpc) is 2.72. The van der Waals surface area contributed by atoms with E-state index in [1.165, 1.54) is 11.1 Å². The number of aliphatic hydroxyl groups excluding tert-OH is 1. The molecule has 178 valence electrons. The van der Waals surface area contributed by atoms with Crippen LogP contribution in [-0.2, 0) is 11.3 Å². The number of amides is 1. The van der Waals surface area contributed by atoms with E-state index in [0.29, 0.717) is 35.9 Å². The first-order valence-electron chi connectivity index (χ1n) is 10.5. The predicted octanol–water partition coefficient (Wildman–Crippen LogP) is 3.47. The van der Waals surface area contributed by atoms with Crippen LogP contribution in [0.2, 0.25) is 0 Å². The number of aliphatic hydroxyl groups is 1. The highest BCUT2D eigenvalue weighted by Gasteiger charge is 2.32. The Bertz CT molecular complexity index is 973. The lowest BCUT2D eigenvalue weighted by atomic mass is 10.0. The van der Waals surface area contributed by atoms with Crippen molar-refractivity contribution in [1.29, 1.82) is 0 Å². The molecule has 1 aromatic carbocycles. The van der Waals surface area contributed by atoms with Crippen LogP contribution in [0.15, 0.2) is 41.1 Å². The number of anilines is 1. The molecule has 2 atom stereocenters. The van der Waals surface area contributed by atoms with Gasteiger partial charge in [0.15, 0.2) is 10.9 Å². The number of carbonyl (C=O) groups excluding carboxylic acids is 1. The van der Waals surface area contributed by atoms with Crippen molar-refractivity contribution in [2.75, 3.05) is 18.4 Å². The summed E-state index contributed by atoms with van der Waals surface area (Å²) in [5.41, 5.74) is 0.377. The lowest BCUT2D eigenvalue weighted by Crippen LogP contribution is -2.55. The second-order valence-corrected chi connectivity index (χ2v) is 9.91. The van der Waals surface area contributed by atoms with Crippen LogP contribution in [0.4, 0.5) is 10.6 Å². The number of ether oxygens (including phenoxy) is 2. The molecule has 1 amide bonds.